The number of epoxide rings is 1. The fraction of sp³-hybridized carbons (Fsp3) is 0.750. The maximum Gasteiger partial charge on any atom is 0.110 e. The second-order valence-electron chi connectivity index (χ2n) is 4.09. The van der Waals surface area contributed by atoms with Crippen molar-refractivity contribution >= 4 is 8.07 Å². The van der Waals surface area contributed by atoms with Crippen LogP contribution in [0.5, 0.6) is 0 Å². The van der Waals surface area contributed by atoms with Gasteiger partial charge in [0.1, 0.15) is 12.2 Å². The highest BCUT2D eigenvalue weighted by Crippen LogP contribution is 2.15. The van der Waals surface area contributed by atoms with Gasteiger partial charge in [-0.2, -0.15) is 0 Å². The molecule has 2 atom stereocenters. The van der Waals surface area contributed by atoms with Crippen LogP contribution in [0, 0.1) is 0 Å². The van der Waals surface area contributed by atoms with Gasteiger partial charge in [0.05, 0.1) is 14.7 Å². The molecule has 1 fully saturated rings. The lowest BCUT2D eigenvalue weighted by molar-refractivity contribution is 0.178. The van der Waals surface area contributed by atoms with E-state index in [2.05, 4.69) is 25.3 Å². The van der Waals surface area contributed by atoms with Crippen molar-refractivity contribution in [2.75, 3.05) is 6.61 Å². The standard InChI is InChI=1S/C8H16O2Si/c1-11(2,3)5-4-7(9)8-6-10-8/h4-5,7-9H,6H2,1-3H3/b5-4+/t7-,8+/m1/s1. The Labute approximate surface area is 68.9 Å². The van der Waals surface area contributed by atoms with Gasteiger partial charge in [0, 0.05) is 0 Å². The van der Waals surface area contributed by atoms with Crippen molar-refractivity contribution in [2.24, 2.45) is 0 Å². The van der Waals surface area contributed by atoms with Gasteiger partial charge >= 0.3 is 0 Å². The van der Waals surface area contributed by atoms with E-state index in [0.717, 1.165) is 6.61 Å². The molecular weight excluding hydrogens is 156 g/mol. The minimum absolute atomic E-state index is 0.0857. The molecule has 0 aromatic heterocycles. The number of aliphatic hydroxyl groups is 1. The molecule has 0 saturated carbocycles. The van der Waals surface area contributed by atoms with Gasteiger partial charge in [-0.05, 0) is 0 Å². The van der Waals surface area contributed by atoms with E-state index in [0.29, 0.717) is 0 Å². The first-order valence-electron chi connectivity index (χ1n) is 3.98. The quantitative estimate of drug-likeness (QED) is 0.512. The van der Waals surface area contributed by atoms with E-state index >= 15 is 0 Å². The smallest absolute Gasteiger partial charge is 0.110 e. The van der Waals surface area contributed by atoms with Crippen molar-refractivity contribution in [3.05, 3.63) is 11.8 Å². The van der Waals surface area contributed by atoms with Crippen LogP contribution in [0.15, 0.2) is 11.8 Å². The predicted octanol–water partition coefficient (Wildman–Crippen LogP) is 1.18. The number of hydrogen-bond acceptors (Lipinski definition) is 2. The van der Waals surface area contributed by atoms with Gasteiger partial charge in [0.2, 0.25) is 0 Å². The van der Waals surface area contributed by atoms with Crippen LogP contribution in [0.3, 0.4) is 0 Å². The molecule has 1 N–H and O–H groups in total. The lowest BCUT2D eigenvalue weighted by atomic mass is 10.3. The molecule has 1 rings (SSSR count). The molecule has 0 amide bonds. The van der Waals surface area contributed by atoms with Gasteiger partial charge in [-0.25, -0.2) is 0 Å². The average molecular weight is 172 g/mol. The Hall–Kier alpha value is -0.123. The predicted molar refractivity (Wildman–Crippen MR) is 48.2 cm³/mol. The lowest BCUT2D eigenvalue weighted by Gasteiger charge is -2.09. The molecule has 64 valence electrons. The Morgan fingerprint density at radius 3 is 2.45 bits per heavy atom. The van der Waals surface area contributed by atoms with Crippen molar-refractivity contribution in [3.63, 3.8) is 0 Å². The summed E-state index contributed by atoms with van der Waals surface area (Å²) in [7, 11) is -1.13. The molecule has 0 aromatic carbocycles. The van der Waals surface area contributed by atoms with E-state index < -0.39 is 8.07 Å². The van der Waals surface area contributed by atoms with Crippen LogP contribution < -0.4 is 0 Å². The van der Waals surface area contributed by atoms with Crippen LogP contribution >= 0.6 is 0 Å². The Kier molecular flexibility index (Phi) is 2.52. The van der Waals surface area contributed by atoms with Gasteiger partial charge in [-0.3, -0.25) is 0 Å². The fourth-order valence-corrected chi connectivity index (χ4v) is 1.54. The summed E-state index contributed by atoms with van der Waals surface area (Å²) in [6.07, 6.45) is 1.59. The first-order chi connectivity index (χ1) is 4.99. The summed E-state index contributed by atoms with van der Waals surface area (Å²) in [6.45, 7) is 7.44. The monoisotopic (exact) mass is 172 g/mol. The highest BCUT2D eigenvalue weighted by atomic mass is 28.3. The van der Waals surface area contributed by atoms with Gasteiger partial charge < -0.3 is 9.84 Å². The first kappa shape index (κ1) is 8.97. The van der Waals surface area contributed by atoms with Gasteiger partial charge in [-0.1, -0.05) is 31.4 Å². The van der Waals surface area contributed by atoms with Crippen molar-refractivity contribution < 1.29 is 9.84 Å². The van der Waals surface area contributed by atoms with Crippen molar-refractivity contribution in [2.45, 2.75) is 31.8 Å². The third kappa shape index (κ3) is 3.70. The maximum atomic E-state index is 9.36. The Morgan fingerprint density at radius 1 is 1.55 bits per heavy atom. The van der Waals surface area contributed by atoms with Gasteiger partial charge in [0.15, 0.2) is 0 Å². The molecule has 0 radical (unpaired) electrons. The molecule has 1 saturated heterocycles. The van der Waals surface area contributed by atoms with Crippen molar-refractivity contribution in [1.82, 2.24) is 0 Å². The second-order valence-corrected chi connectivity index (χ2v) is 9.15. The number of rotatable bonds is 3. The van der Waals surface area contributed by atoms with Crippen LogP contribution in [0.25, 0.3) is 0 Å². The van der Waals surface area contributed by atoms with E-state index in [1.54, 1.807) is 0 Å². The molecule has 0 aromatic rings. The summed E-state index contributed by atoms with van der Waals surface area (Å²) in [4.78, 5) is 0. The molecule has 11 heavy (non-hydrogen) atoms. The molecule has 0 bridgehead atoms. The summed E-state index contributed by atoms with van der Waals surface area (Å²) in [5, 5.41) is 9.36. The maximum absolute atomic E-state index is 9.36. The second kappa shape index (κ2) is 3.09. The molecule has 3 heteroatoms. The third-order valence-corrected chi connectivity index (χ3v) is 2.73. The number of aliphatic hydroxyl groups excluding tert-OH is 1. The van der Waals surface area contributed by atoms with E-state index in [1.807, 2.05) is 6.08 Å². The minimum Gasteiger partial charge on any atom is -0.386 e. The highest BCUT2D eigenvalue weighted by molar-refractivity contribution is 6.80. The molecule has 0 unspecified atom stereocenters. The van der Waals surface area contributed by atoms with Gasteiger partial charge in [0.25, 0.3) is 0 Å². The molecule has 1 heterocycles. The largest absolute Gasteiger partial charge is 0.386 e. The van der Waals surface area contributed by atoms with Crippen LogP contribution in [0.2, 0.25) is 19.6 Å². The molecule has 0 aliphatic carbocycles. The SMILES string of the molecule is C[Si](C)(C)/C=C/[C@@H](O)[C@@H]1CO1. The first-order valence-corrected chi connectivity index (χ1v) is 7.56. The van der Waals surface area contributed by atoms with Crippen molar-refractivity contribution in [1.29, 1.82) is 0 Å². The zero-order valence-electron chi connectivity index (χ0n) is 7.37. The van der Waals surface area contributed by atoms with E-state index in [1.165, 1.54) is 0 Å². The molecule has 1 aliphatic heterocycles. The molecule has 0 spiro atoms. The molecule has 1 aliphatic rings. The lowest BCUT2D eigenvalue weighted by Crippen LogP contribution is -2.19. The van der Waals surface area contributed by atoms with E-state index in [-0.39, 0.29) is 12.2 Å². The third-order valence-electron chi connectivity index (χ3n) is 1.53. The summed E-state index contributed by atoms with van der Waals surface area (Å²) in [5.74, 6) is 0. The van der Waals surface area contributed by atoms with E-state index in [9.17, 15) is 5.11 Å². The minimum atomic E-state index is -1.13. The van der Waals surface area contributed by atoms with Crippen LogP contribution in [-0.4, -0.2) is 32.0 Å². The topological polar surface area (TPSA) is 32.8 Å². The highest BCUT2D eigenvalue weighted by Gasteiger charge is 2.29. The normalized spacial score (nSPS) is 27.5. The summed E-state index contributed by atoms with van der Waals surface area (Å²) < 4.78 is 4.95. The molecular formula is C8H16O2Si. The number of hydrogen-bond donors (Lipinski definition) is 1. The summed E-state index contributed by atoms with van der Waals surface area (Å²) in [5.41, 5.74) is 2.15. The average Bonchev–Trinajstić information content (AvgIpc) is 2.61. The fourth-order valence-electron chi connectivity index (χ4n) is 0.764. The summed E-state index contributed by atoms with van der Waals surface area (Å²) in [6, 6.07) is 0. The molecule has 2 nitrogen and oxygen atoms in total. The Morgan fingerprint density at radius 2 is 2.09 bits per heavy atom. The van der Waals surface area contributed by atoms with Crippen LogP contribution in [-0.2, 0) is 4.74 Å². The zero-order chi connectivity index (χ0) is 8.48. The zero-order valence-corrected chi connectivity index (χ0v) is 8.37. The summed E-state index contributed by atoms with van der Waals surface area (Å²) >= 11 is 0. The Balaban J connectivity index is 2.33. The van der Waals surface area contributed by atoms with E-state index in [4.69, 9.17) is 4.74 Å². The van der Waals surface area contributed by atoms with Gasteiger partial charge in [-0.15, -0.1) is 0 Å². The van der Waals surface area contributed by atoms with Crippen LogP contribution in [0.4, 0.5) is 0 Å². The Bertz CT molecular complexity index is 156. The number of ether oxygens (including phenoxy) is 1. The van der Waals surface area contributed by atoms with Crippen LogP contribution in [0.1, 0.15) is 0 Å². The van der Waals surface area contributed by atoms with Crippen molar-refractivity contribution in [3.8, 4) is 0 Å².